The molecular formula is C23H33N3O4. The summed E-state index contributed by atoms with van der Waals surface area (Å²) in [5.41, 5.74) is 1.30. The van der Waals surface area contributed by atoms with E-state index in [1.807, 2.05) is 50.8 Å². The van der Waals surface area contributed by atoms with Crippen molar-refractivity contribution in [1.29, 1.82) is 0 Å². The number of aromatic nitrogens is 2. The molecule has 30 heavy (non-hydrogen) atoms. The summed E-state index contributed by atoms with van der Waals surface area (Å²) in [6.07, 6.45) is 2.58. The number of hydrogen-bond donors (Lipinski definition) is 2. The van der Waals surface area contributed by atoms with E-state index in [9.17, 15) is 9.90 Å². The summed E-state index contributed by atoms with van der Waals surface area (Å²) in [6, 6.07) is 7.42. The number of carbonyl (C=O) groups excluding carboxylic acids is 1. The maximum absolute atomic E-state index is 12.9. The van der Waals surface area contributed by atoms with E-state index < -0.39 is 5.60 Å². The van der Waals surface area contributed by atoms with Crippen molar-refractivity contribution in [2.45, 2.75) is 52.6 Å². The molecule has 7 heteroatoms. The Morgan fingerprint density at radius 1 is 1.20 bits per heavy atom. The Morgan fingerprint density at radius 2 is 1.90 bits per heavy atom. The quantitative estimate of drug-likeness (QED) is 0.683. The van der Waals surface area contributed by atoms with Gasteiger partial charge in [0.05, 0.1) is 24.5 Å². The van der Waals surface area contributed by atoms with Gasteiger partial charge in [0.25, 0.3) is 5.91 Å². The number of ether oxygens (including phenoxy) is 2. The van der Waals surface area contributed by atoms with Crippen LogP contribution in [-0.2, 0) is 0 Å². The molecule has 164 valence electrons. The lowest BCUT2D eigenvalue weighted by Crippen LogP contribution is -2.40. The number of nitrogens with one attached hydrogen (secondary N) is 1. The van der Waals surface area contributed by atoms with Gasteiger partial charge in [-0.2, -0.15) is 5.10 Å². The Hall–Kier alpha value is -2.54. The maximum atomic E-state index is 12.9. The number of hydrogen-bond acceptors (Lipinski definition) is 5. The van der Waals surface area contributed by atoms with E-state index in [0.717, 1.165) is 30.6 Å². The molecule has 2 aromatic rings. The maximum Gasteiger partial charge on any atom is 0.271 e. The van der Waals surface area contributed by atoms with Crippen LogP contribution in [0.2, 0.25) is 0 Å². The molecule has 1 amide bonds. The summed E-state index contributed by atoms with van der Waals surface area (Å²) in [5, 5.41) is 17.3. The van der Waals surface area contributed by atoms with Crippen molar-refractivity contribution in [3.05, 3.63) is 30.0 Å². The third kappa shape index (κ3) is 5.53. The van der Waals surface area contributed by atoms with Gasteiger partial charge in [0.2, 0.25) is 0 Å². The molecule has 7 nitrogen and oxygen atoms in total. The molecule has 0 aliphatic carbocycles. The average Bonchev–Trinajstić information content (AvgIpc) is 3.17. The van der Waals surface area contributed by atoms with Crippen LogP contribution >= 0.6 is 0 Å². The third-order valence-corrected chi connectivity index (χ3v) is 5.34. The van der Waals surface area contributed by atoms with Crippen molar-refractivity contribution in [2.24, 2.45) is 5.92 Å². The highest BCUT2D eigenvalue weighted by Gasteiger charge is 2.28. The van der Waals surface area contributed by atoms with Crippen LogP contribution < -0.4 is 9.47 Å². The Morgan fingerprint density at radius 3 is 2.53 bits per heavy atom. The lowest BCUT2D eigenvalue weighted by Gasteiger charge is -2.34. The fourth-order valence-corrected chi connectivity index (χ4v) is 4.03. The van der Waals surface area contributed by atoms with E-state index in [1.54, 1.807) is 6.07 Å². The van der Waals surface area contributed by atoms with Crippen molar-refractivity contribution in [3.8, 4) is 22.8 Å². The Bertz CT molecular complexity index is 848. The van der Waals surface area contributed by atoms with E-state index in [0.29, 0.717) is 49.4 Å². The van der Waals surface area contributed by atoms with Gasteiger partial charge in [-0.1, -0.05) is 0 Å². The average molecular weight is 416 g/mol. The van der Waals surface area contributed by atoms with Crippen LogP contribution in [0.3, 0.4) is 0 Å². The zero-order valence-corrected chi connectivity index (χ0v) is 18.4. The normalized spacial score (nSPS) is 15.3. The van der Waals surface area contributed by atoms with Crippen molar-refractivity contribution in [2.75, 3.05) is 26.3 Å². The smallest absolute Gasteiger partial charge is 0.271 e. The van der Waals surface area contributed by atoms with Gasteiger partial charge in [-0.05, 0) is 71.1 Å². The summed E-state index contributed by atoms with van der Waals surface area (Å²) in [5.74, 6) is 1.83. The molecular weight excluding hydrogens is 382 g/mol. The first-order chi connectivity index (χ1) is 14.3. The van der Waals surface area contributed by atoms with Gasteiger partial charge in [-0.15, -0.1) is 0 Å². The number of amides is 1. The molecule has 1 aromatic heterocycles. The van der Waals surface area contributed by atoms with E-state index >= 15 is 0 Å². The van der Waals surface area contributed by atoms with Crippen molar-refractivity contribution >= 4 is 5.91 Å². The zero-order chi connectivity index (χ0) is 21.7. The van der Waals surface area contributed by atoms with Gasteiger partial charge >= 0.3 is 0 Å². The molecule has 1 saturated heterocycles. The van der Waals surface area contributed by atoms with Crippen LogP contribution in [0.25, 0.3) is 11.3 Å². The number of piperidine rings is 1. The fourth-order valence-electron chi connectivity index (χ4n) is 4.03. The minimum atomic E-state index is -0.662. The number of aliphatic hydroxyl groups is 1. The number of aromatic amines is 1. The Labute approximate surface area is 178 Å². The molecule has 2 N–H and O–H groups in total. The monoisotopic (exact) mass is 415 g/mol. The highest BCUT2D eigenvalue weighted by molar-refractivity contribution is 5.93. The van der Waals surface area contributed by atoms with Gasteiger partial charge in [0.1, 0.15) is 17.2 Å². The summed E-state index contributed by atoms with van der Waals surface area (Å²) >= 11 is 0. The van der Waals surface area contributed by atoms with E-state index in [4.69, 9.17) is 9.47 Å². The molecule has 0 saturated carbocycles. The first-order valence-electron chi connectivity index (χ1n) is 10.8. The summed E-state index contributed by atoms with van der Waals surface area (Å²) in [4.78, 5) is 14.8. The van der Waals surface area contributed by atoms with Gasteiger partial charge in [0.15, 0.2) is 0 Å². The standard InChI is InChI=1S/C23H33N3O4/c1-5-29-17-7-8-18(21(13-17)30-6-2)19-14-20(25-24-19)22(27)26-11-9-16(10-12-26)15-23(3,4)28/h7-8,13-14,16,28H,5-6,9-12,15H2,1-4H3,(H,24,25). The molecule has 1 aromatic carbocycles. The Balaban J connectivity index is 1.70. The third-order valence-electron chi connectivity index (χ3n) is 5.34. The molecule has 0 spiro atoms. The SMILES string of the molecule is CCOc1ccc(-c2cc(C(=O)N3CCC(CC(C)(C)O)CC3)[nH]n2)c(OCC)c1. The fraction of sp³-hybridized carbons (Fsp3) is 0.565. The second-order valence-electron chi connectivity index (χ2n) is 8.44. The van der Waals surface area contributed by atoms with Crippen molar-refractivity contribution in [3.63, 3.8) is 0 Å². The largest absolute Gasteiger partial charge is 0.494 e. The number of nitrogens with zero attached hydrogens (tertiary/aromatic N) is 2. The number of likely N-dealkylation sites (tertiary alicyclic amines) is 1. The molecule has 1 fully saturated rings. The first-order valence-corrected chi connectivity index (χ1v) is 10.8. The lowest BCUT2D eigenvalue weighted by molar-refractivity contribution is 0.0357. The van der Waals surface area contributed by atoms with E-state index in [2.05, 4.69) is 10.2 Å². The molecule has 0 radical (unpaired) electrons. The van der Waals surface area contributed by atoms with Crippen LogP contribution in [0.4, 0.5) is 0 Å². The van der Waals surface area contributed by atoms with Crippen molar-refractivity contribution < 1.29 is 19.4 Å². The first kappa shape index (κ1) is 22.2. The lowest BCUT2D eigenvalue weighted by atomic mass is 9.86. The highest BCUT2D eigenvalue weighted by Crippen LogP contribution is 2.33. The predicted octanol–water partition coefficient (Wildman–Crippen LogP) is 3.89. The zero-order valence-electron chi connectivity index (χ0n) is 18.4. The summed E-state index contributed by atoms with van der Waals surface area (Å²) in [7, 11) is 0. The van der Waals surface area contributed by atoms with Crippen molar-refractivity contribution in [1.82, 2.24) is 15.1 Å². The van der Waals surface area contributed by atoms with Gasteiger partial charge in [-0.3, -0.25) is 9.89 Å². The molecule has 1 aliphatic rings. The molecule has 0 unspecified atom stereocenters. The van der Waals surface area contributed by atoms with Crippen LogP contribution in [0, 0.1) is 5.92 Å². The Kier molecular flexibility index (Phi) is 7.02. The molecule has 0 bridgehead atoms. The number of H-pyrrole nitrogens is 1. The molecule has 1 aliphatic heterocycles. The second-order valence-corrected chi connectivity index (χ2v) is 8.44. The second kappa shape index (κ2) is 9.51. The minimum Gasteiger partial charge on any atom is -0.494 e. The highest BCUT2D eigenvalue weighted by atomic mass is 16.5. The van der Waals surface area contributed by atoms with Crippen LogP contribution in [0.15, 0.2) is 24.3 Å². The number of rotatable bonds is 8. The molecule has 3 rings (SSSR count). The van der Waals surface area contributed by atoms with Gasteiger partial charge in [0, 0.05) is 24.7 Å². The van der Waals surface area contributed by atoms with Crippen LogP contribution in [-0.4, -0.2) is 58.0 Å². The van der Waals surface area contributed by atoms with Gasteiger partial charge < -0.3 is 19.5 Å². The molecule has 2 heterocycles. The van der Waals surface area contributed by atoms with Crippen LogP contribution in [0.1, 0.15) is 57.4 Å². The van der Waals surface area contributed by atoms with E-state index in [-0.39, 0.29) is 5.91 Å². The van der Waals surface area contributed by atoms with Gasteiger partial charge in [-0.25, -0.2) is 0 Å². The predicted molar refractivity (Wildman–Crippen MR) is 116 cm³/mol. The topological polar surface area (TPSA) is 87.7 Å². The number of benzene rings is 1. The summed E-state index contributed by atoms with van der Waals surface area (Å²) < 4.78 is 11.3. The summed E-state index contributed by atoms with van der Waals surface area (Å²) in [6.45, 7) is 10.0. The van der Waals surface area contributed by atoms with Crippen LogP contribution in [0.5, 0.6) is 11.5 Å². The van der Waals surface area contributed by atoms with E-state index in [1.165, 1.54) is 0 Å². The minimum absolute atomic E-state index is 0.0423. The number of carbonyl (C=O) groups is 1. The molecule has 0 atom stereocenters.